The summed E-state index contributed by atoms with van der Waals surface area (Å²) in [6.07, 6.45) is 1.22. The number of nitrogens with two attached hydrogens (primary N) is 1. The molecule has 0 amide bonds. The van der Waals surface area contributed by atoms with Crippen molar-refractivity contribution >= 4 is 8.38 Å². The van der Waals surface area contributed by atoms with Crippen molar-refractivity contribution in [2.24, 2.45) is 11.7 Å². The third-order valence-electron chi connectivity index (χ3n) is 2.12. The van der Waals surface area contributed by atoms with Crippen LogP contribution in [0.4, 0.5) is 0 Å². The van der Waals surface area contributed by atoms with Gasteiger partial charge in [0.15, 0.2) is 8.38 Å². The van der Waals surface area contributed by atoms with Gasteiger partial charge in [-0.2, -0.15) is 0 Å². The SMILES string of the molecule is NCC(Cc1ccccc1)CP(O)O. The zero-order valence-electron chi connectivity index (χ0n) is 8.00. The Kier molecular flexibility index (Phi) is 5.05. The quantitative estimate of drug-likeness (QED) is 0.642. The van der Waals surface area contributed by atoms with E-state index in [0.29, 0.717) is 12.7 Å². The summed E-state index contributed by atoms with van der Waals surface area (Å²) in [4.78, 5) is 17.8. The van der Waals surface area contributed by atoms with E-state index in [-0.39, 0.29) is 5.92 Å². The summed E-state index contributed by atoms with van der Waals surface area (Å²) in [5.74, 6) is 0.165. The molecule has 1 aromatic carbocycles. The zero-order chi connectivity index (χ0) is 10.4. The minimum absolute atomic E-state index is 0.165. The summed E-state index contributed by atoms with van der Waals surface area (Å²) >= 11 is 0. The van der Waals surface area contributed by atoms with Crippen LogP contribution in [-0.2, 0) is 6.42 Å². The summed E-state index contributed by atoms with van der Waals surface area (Å²) < 4.78 is 0. The lowest BCUT2D eigenvalue weighted by Crippen LogP contribution is -2.19. The molecule has 4 heteroatoms. The second-order valence-corrected chi connectivity index (χ2v) is 4.46. The molecule has 0 radical (unpaired) electrons. The molecule has 1 rings (SSSR count). The molecule has 1 atom stereocenters. The van der Waals surface area contributed by atoms with E-state index in [9.17, 15) is 0 Å². The number of hydrogen-bond donors (Lipinski definition) is 3. The highest BCUT2D eigenvalue weighted by Gasteiger charge is 2.12. The third kappa shape index (κ3) is 4.16. The Labute approximate surface area is 85.5 Å². The molecule has 0 saturated carbocycles. The van der Waals surface area contributed by atoms with E-state index >= 15 is 0 Å². The smallest absolute Gasteiger partial charge is 0.165 e. The van der Waals surface area contributed by atoms with E-state index in [1.807, 2.05) is 30.3 Å². The van der Waals surface area contributed by atoms with Crippen LogP contribution in [-0.4, -0.2) is 22.5 Å². The van der Waals surface area contributed by atoms with Crippen LogP contribution in [0.5, 0.6) is 0 Å². The molecule has 1 aromatic rings. The molecule has 0 aliphatic heterocycles. The Morgan fingerprint density at radius 3 is 2.36 bits per heavy atom. The average Bonchev–Trinajstić information content (AvgIpc) is 2.17. The first-order valence-electron chi connectivity index (χ1n) is 4.61. The lowest BCUT2D eigenvalue weighted by molar-refractivity contribution is 0.460. The fourth-order valence-electron chi connectivity index (χ4n) is 1.40. The van der Waals surface area contributed by atoms with Crippen molar-refractivity contribution in [3.05, 3.63) is 35.9 Å². The summed E-state index contributed by atoms with van der Waals surface area (Å²) in [6, 6.07) is 9.97. The van der Waals surface area contributed by atoms with Crippen LogP contribution in [0.25, 0.3) is 0 Å². The van der Waals surface area contributed by atoms with Gasteiger partial charge in [0.25, 0.3) is 0 Å². The Balaban J connectivity index is 2.48. The lowest BCUT2D eigenvalue weighted by atomic mass is 10.0. The van der Waals surface area contributed by atoms with Gasteiger partial charge in [-0.25, -0.2) is 0 Å². The van der Waals surface area contributed by atoms with E-state index in [2.05, 4.69) is 0 Å². The molecule has 14 heavy (non-hydrogen) atoms. The molecule has 0 bridgehead atoms. The van der Waals surface area contributed by atoms with Gasteiger partial charge in [-0.15, -0.1) is 0 Å². The predicted octanol–water partition coefficient (Wildman–Crippen LogP) is 1.10. The van der Waals surface area contributed by atoms with E-state index in [0.717, 1.165) is 6.42 Å². The predicted molar refractivity (Wildman–Crippen MR) is 58.9 cm³/mol. The van der Waals surface area contributed by atoms with Crippen molar-refractivity contribution in [3.63, 3.8) is 0 Å². The van der Waals surface area contributed by atoms with E-state index in [4.69, 9.17) is 15.5 Å². The van der Waals surface area contributed by atoms with Crippen molar-refractivity contribution in [1.29, 1.82) is 0 Å². The average molecular weight is 213 g/mol. The van der Waals surface area contributed by atoms with Gasteiger partial charge in [0.1, 0.15) is 0 Å². The molecule has 0 aliphatic carbocycles. The molecule has 0 spiro atoms. The minimum atomic E-state index is -1.82. The number of hydrogen-bond acceptors (Lipinski definition) is 3. The fourth-order valence-corrected chi connectivity index (χ4v) is 2.14. The Hall–Kier alpha value is -0.470. The monoisotopic (exact) mass is 213 g/mol. The highest BCUT2D eigenvalue weighted by Crippen LogP contribution is 2.27. The summed E-state index contributed by atoms with van der Waals surface area (Å²) in [7, 11) is -1.82. The van der Waals surface area contributed by atoms with Crippen molar-refractivity contribution in [2.45, 2.75) is 6.42 Å². The standard InChI is InChI=1S/C10H16NO2P/c11-7-10(8-14(12)13)6-9-4-2-1-3-5-9/h1-5,10,12-13H,6-8,11H2. The van der Waals surface area contributed by atoms with Gasteiger partial charge in [0.2, 0.25) is 0 Å². The topological polar surface area (TPSA) is 66.5 Å². The third-order valence-corrected chi connectivity index (χ3v) is 2.97. The van der Waals surface area contributed by atoms with Gasteiger partial charge < -0.3 is 15.5 Å². The van der Waals surface area contributed by atoms with E-state index in [1.165, 1.54) is 5.56 Å². The normalized spacial score (nSPS) is 13.1. The summed E-state index contributed by atoms with van der Waals surface area (Å²) in [5.41, 5.74) is 6.75. The van der Waals surface area contributed by atoms with Crippen molar-refractivity contribution in [3.8, 4) is 0 Å². The van der Waals surface area contributed by atoms with Gasteiger partial charge in [-0.3, -0.25) is 0 Å². The first-order valence-corrected chi connectivity index (χ1v) is 6.05. The molecule has 3 nitrogen and oxygen atoms in total. The van der Waals surface area contributed by atoms with Crippen LogP contribution in [0.15, 0.2) is 30.3 Å². The Bertz CT molecular complexity index is 254. The van der Waals surface area contributed by atoms with Crippen LogP contribution in [0.2, 0.25) is 0 Å². The molecule has 0 heterocycles. The maximum Gasteiger partial charge on any atom is 0.165 e. The number of benzene rings is 1. The van der Waals surface area contributed by atoms with Crippen molar-refractivity contribution in [1.82, 2.24) is 0 Å². The van der Waals surface area contributed by atoms with E-state index in [1.54, 1.807) is 0 Å². The lowest BCUT2D eigenvalue weighted by Gasteiger charge is -2.14. The first-order chi connectivity index (χ1) is 6.72. The molecular weight excluding hydrogens is 197 g/mol. The fraction of sp³-hybridized carbons (Fsp3) is 0.400. The first kappa shape index (κ1) is 11.6. The minimum Gasteiger partial charge on any atom is -0.350 e. The van der Waals surface area contributed by atoms with E-state index < -0.39 is 8.38 Å². The second-order valence-electron chi connectivity index (χ2n) is 3.35. The van der Waals surface area contributed by atoms with Gasteiger partial charge >= 0.3 is 0 Å². The molecular formula is C10H16NO2P. The zero-order valence-corrected chi connectivity index (χ0v) is 8.90. The Morgan fingerprint density at radius 2 is 1.86 bits per heavy atom. The maximum absolute atomic E-state index is 8.90. The summed E-state index contributed by atoms with van der Waals surface area (Å²) in [6.45, 7) is 0.495. The maximum atomic E-state index is 8.90. The van der Waals surface area contributed by atoms with Crippen LogP contribution < -0.4 is 5.73 Å². The highest BCUT2D eigenvalue weighted by molar-refractivity contribution is 7.45. The molecule has 1 unspecified atom stereocenters. The molecule has 0 saturated heterocycles. The van der Waals surface area contributed by atoms with Gasteiger partial charge in [0.05, 0.1) is 0 Å². The highest BCUT2D eigenvalue weighted by atomic mass is 31.2. The van der Waals surface area contributed by atoms with Crippen LogP contribution in [0.3, 0.4) is 0 Å². The van der Waals surface area contributed by atoms with Crippen LogP contribution in [0.1, 0.15) is 5.56 Å². The largest absolute Gasteiger partial charge is 0.350 e. The second kappa shape index (κ2) is 6.10. The van der Waals surface area contributed by atoms with Gasteiger partial charge in [-0.05, 0) is 24.4 Å². The molecule has 0 aliphatic rings. The summed E-state index contributed by atoms with van der Waals surface area (Å²) in [5, 5.41) is 0. The van der Waals surface area contributed by atoms with Gasteiger partial charge in [-0.1, -0.05) is 30.3 Å². The van der Waals surface area contributed by atoms with Crippen LogP contribution >= 0.6 is 8.38 Å². The molecule has 4 N–H and O–H groups in total. The van der Waals surface area contributed by atoms with Crippen molar-refractivity contribution in [2.75, 3.05) is 12.7 Å². The Morgan fingerprint density at radius 1 is 1.21 bits per heavy atom. The molecule has 0 fully saturated rings. The molecule has 0 aromatic heterocycles. The van der Waals surface area contributed by atoms with Crippen LogP contribution in [0, 0.1) is 5.92 Å². The number of rotatable bonds is 5. The van der Waals surface area contributed by atoms with Crippen molar-refractivity contribution < 1.29 is 9.79 Å². The van der Waals surface area contributed by atoms with Gasteiger partial charge in [0, 0.05) is 6.16 Å². The molecule has 78 valence electrons.